The van der Waals surface area contributed by atoms with Crippen LogP contribution in [-0.4, -0.2) is 4.98 Å². The Labute approximate surface area is 215 Å². The summed E-state index contributed by atoms with van der Waals surface area (Å²) >= 11 is 1.55. The smallest absolute Gasteiger partial charge is 0.154 e. The third-order valence-electron chi connectivity index (χ3n) is 6.62. The van der Waals surface area contributed by atoms with E-state index in [2.05, 4.69) is 18.8 Å². The van der Waals surface area contributed by atoms with Crippen molar-refractivity contribution in [3.05, 3.63) is 77.5 Å². The van der Waals surface area contributed by atoms with E-state index < -0.39 is 13.7 Å². The van der Waals surface area contributed by atoms with Crippen LogP contribution >= 0.6 is 11.3 Å². The normalized spacial score (nSPS) is 15.6. The van der Waals surface area contributed by atoms with E-state index in [4.69, 9.17) is 17.1 Å². The number of hydrogen-bond acceptors (Lipinski definition) is 4. The standard InChI is InChI=1S/C31H25NO2S/c1-16(2)12-19-14-24(32-15-18(19)4)21-10-7-9-20-23-13-17(3)27-26(29(23)34-28(20)21)31-30(33-27)22-8-5-6-11-25(22)35-31/h5-11,13-16H,12H2,1-4H3/i3D3,4D3. The number of hydrogen-bond donors (Lipinski definition) is 0. The number of para-hydroxylation sites is 1. The van der Waals surface area contributed by atoms with Crippen molar-refractivity contribution in [1.29, 1.82) is 0 Å². The highest BCUT2D eigenvalue weighted by atomic mass is 32.1. The molecule has 4 heterocycles. The van der Waals surface area contributed by atoms with Crippen LogP contribution in [0.15, 0.2) is 69.6 Å². The van der Waals surface area contributed by atoms with E-state index in [-0.39, 0.29) is 17.0 Å². The molecule has 0 N–H and O–H groups in total. The lowest BCUT2D eigenvalue weighted by molar-refractivity contribution is 0.644. The van der Waals surface area contributed by atoms with Gasteiger partial charge in [0.05, 0.1) is 15.8 Å². The molecule has 0 saturated heterocycles. The first-order valence-corrected chi connectivity index (χ1v) is 12.5. The highest BCUT2D eigenvalue weighted by Crippen LogP contribution is 2.47. The van der Waals surface area contributed by atoms with Gasteiger partial charge in [0.25, 0.3) is 0 Å². The molecule has 0 spiro atoms. The summed E-state index contributed by atoms with van der Waals surface area (Å²) < 4.78 is 63.7. The van der Waals surface area contributed by atoms with Gasteiger partial charge in [-0.1, -0.05) is 38.1 Å². The molecule has 0 aliphatic rings. The summed E-state index contributed by atoms with van der Waals surface area (Å²) in [6.07, 6.45) is 2.05. The highest BCUT2D eigenvalue weighted by molar-refractivity contribution is 7.26. The van der Waals surface area contributed by atoms with Crippen LogP contribution in [-0.2, 0) is 6.42 Å². The first-order chi connectivity index (χ1) is 19.4. The Kier molecular flexibility index (Phi) is 3.27. The van der Waals surface area contributed by atoms with E-state index in [1.807, 2.05) is 48.5 Å². The Morgan fingerprint density at radius 3 is 2.54 bits per heavy atom. The Morgan fingerprint density at radius 2 is 1.69 bits per heavy atom. The van der Waals surface area contributed by atoms with Crippen LogP contribution in [0.3, 0.4) is 0 Å². The van der Waals surface area contributed by atoms with Crippen molar-refractivity contribution in [3.8, 4) is 11.3 Å². The first kappa shape index (κ1) is 15.4. The van der Waals surface area contributed by atoms with Crippen molar-refractivity contribution in [2.75, 3.05) is 0 Å². The fourth-order valence-corrected chi connectivity index (χ4v) is 6.24. The molecular weight excluding hydrogens is 450 g/mol. The van der Waals surface area contributed by atoms with Crippen molar-refractivity contribution in [1.82, 2.24) is 4.98 Å². The molecule has 0 aliphatic carbocycles. The van der Waals surface area contributed by atoms with Crippen molar-refractivity contribution >= 4 is 64.6 Å². The van der Waals surface area contributed by atoms with E-state index in [1.54, 1.807) is 17.4 Å². The summed E-state index contributed by atoms with van der Waals surface area (Å²) in [4.78, 5) is 4.57. The molecule has 4 aromatic heterocycles. The van der Waals surface area contributed by atoms with Gasteiger partial charge in [-0.15, -0.1) is 11.3 Å². The second kappa shape index (κ2) is 7.43. The number of benzene rings is 3. The zero-order chi connectivity index (χ0) is 28.8. The van der Waals surface area contributed by atoms with Gasteiger partial charge in [0, 0.05) is 40.8 Å². The monoisotopic (exact) mass is 481 g/mol. The van der Waals surface area contributed by atoms with Crippen LogP contribution in [0.25, 0.3) is 64.5 Å². The second-order valence-electron chi connectivity index (χ2n) is 9.47. The predicted octanol–water partition coefficient (Wildman–Crippen LogP) is 9.58. The molecule has 3 aromatic carbocycles. The second-order valence-corrected chi connectivity index (χ2v) is 10.5. The minimum atomic E-state index is -2.40. The number of fused-ring (bicyclic) bond motifs is 9. The molecule has 7 rings (SSSR count). The first-order valence-electron chi connectivity index (χ1n) is 14.6. The lowest BCUT2D eigenvalue weighted by atomic mass is 9.97. The zero-order valence-electron chi connectivity index (χ0n) is 25.2. The Bertz CT molecular complexity index is 2150. The van der Waals surface area contributed by atoms with Gasteiger partial charge in [0.2, 0.25) is 0 Å². The van der Waals surface area contributed by atoms with Gasteiger partial charge in [-0.3, -0.25) is 4.98 Å². The number of aryl methyl sites for hydroxylation is 2. The van der Waals surface area contributed by atoms with Gasteiger partial charge in [-0.05, 0) is 73.1 Å². The average molecular weight is 482 g/mol. The molecule has 0 radical (unpaired) electrons. The van der Waals surface area contributed by atoms with Crippen LogP contribution in [0.4, 0.5) is 0 Å². The fraction of sp³-hybridized carbons (Fsp3) is 0.194. The maximum atomic E-state index is 8.30. The summed E-state index contributed by atoms with van der Waals surface area (Å²) in [6, 6.07) is 17.1. The largest absolute Gasteiger partial charge is 0.455 e. The number of pyridine rings is 1. The lowest BCUT2D eigenvalue weighted by Gasteiger charge is -2.10. The van der Waals surface area contributed by atoms with Crippen LogP contribution in [0.5, 0.6) is 0 Å². The molecule has 35 heavy (non-hydrogen) atoms. The third kappa shape index (κ3) is 2.99. The molecule has 0 saturated carbocycles. The molecule has 4 heteroatoms. The van der Waals surface area contributed by atoms with Gasteiger partial charge >= 0.3 is 0 Å². The van der Waals surface area contributed by atoms with Crippen LogP contribution in [0.2, 0.25) is 0 Å². The molecule has 0 amide bonds. The number of nitrogens with zero attached hydrogens (tertiary/aromatic N) is 1. The van der Waals surface area contributed by atoms with Gasteiger partial charge in [-0.25, -0.2) is 0 Å². The Hall–Kier alpha value is -3.63. The molecule has 0 atom stereocenters. The summed E-state index contributed by atoms with van der Waals surface area (Å²) in [5.74, 6) is 0.254. The predicted molar refractivity (Wildman–Crippen MR) is 148 cm³/mol. The number of thiophene rings is 1. The van der Waals surface area contributed by atoms with Crippen LogP contribution < -0.4 is 0 Å². The van der Waals surface area contributed by atoms with E-state index >= 15 is 0 Å². The van der Waals surface area contributed by atoms with Crippen molar-refractivity contribution in [3.63, 3.8) is 0 Å². The van der Waals surface area contributed by atoms with Gasteiger partial charge in [0.15, 0.2) is 5.58 Å². The molecule has 0 unspecified atom stereocenters. The van der Waals surface area contributed by atoms with E-state index in [9.17, 15) is 0 Å². The van der Waals surface area contributed by atoms with Crippen molar-refractivity contribution in [2.45, 2.75) is 34.0 Å². The van der Waals surface area contributed by atoms with Gasteiger partial charge < -0.3 is 8.83 Å². The van der Waals surface area contributed by atoms with E-state index in [0.29, 0.717) is 50.8 Å². The minimum absolute atomic E-state index is 0.139. The summed E-state index contributed by atoms with van der Waals surface area (Å²) in [5.41, 5.74) is 4.51. The number of rotatable bonds is 3. The number of furan rings is 2. The molecule has 3 nitrogen and oxygen atoms in total. The summed E-state index contributed by atoms with van der Waals surface area (Å²) in [5, 5.41) is 3.02. The maximum absolute atomic E-state index is 8.30. The molecule has 0 fully saturated rings. The number of aromatic nitrogens is 1. The summed E-state index contributed by atoms with van der Waals surface area (Å²) in [6.45, 7) is -0.565. The Balaban J connectivity index is 1.56. The van der Waals surface area contributed by atoms with Crippen LogP contribution in [0, 0.1) is 19.6 Å². The average Bonchev–Trinajstić information content (AvgIpc) is 3.56. The van der Waals surface area contributed by atoms with E-state index in [1.165, 1.54) is 6.20 Å². The molecule has 0 aliphatic heterocycles. The highest BCUT2D eigenvalue weighted by Gasteiger charge is 2.22. The Morgan fingerprint density at radius 1 is 0.857 bits per heavy atom. The topological polar surface area (TPSA) is 39.2 Å². The van der Waals surface area contributed by atoms with Gasteiger partial charge in [-0.2, -0.15) is 0 Å². The van der Waals surface area contributed by atoms with Gasteiger partial charge in [0.1, 0.15) is 16.7 Å². The quantitative estimate of drug-likeness (QED) is 0.252. The fourth-order valence-electron chi connectivity index (χ4n) is 5.07. The van der Waals surface area contributed by atoms with Crippen molar-refractivity contribution in [2.24, 2.45) is 5.92 Å². The molecular formula is C31H25NO2S. The lowest BCUT2D eigenvalue weighted by Crippen LogP contribution is -1.99. The summed E-state index contributed by atoms with van der Waals surface area (Å²) in [7, 11) is 0. The molecule has 172 valence electrons. The van der Waals surface area contributed by atoms with Crippen LogP contribution in [0.1, 0.15) is 38.8 Å². The third-order valence-corrected chi connectivity index (χ3v) is 7.79. The van der Waals surface area contributed by atoms with Crippen molar-refractivity contribution < 1.29 is 17.1 Å². The van der Waals surface area contributed by atoms with E-state index in [0.717, 1.165) is 25.7 Å². The zero-order valence-corrected chi connectivity index (χ0v) is 20.0. The minimum Gasteiger partial charge on any atom is -0.455 e. The SMILES string of the molecule is [2H]C([2H])([2H])c1cnc(-c2cccc3c2oc2c3cc(C([2H])([2H])[2H])c3oc4c5ccccc5sc4c32)cc1CC(C)C. The maximum Gasteiger partial charge on any atom is 0.154 e. The molecule has 7 aromatic rings. The molecule has 0 bridgehead atoms.